The van der Waals surface area contributed by atoms with Gasteiger partial charge < -0.3 is 4.90 Å². The van der Waals surface area contributed by atoms with Gasteiger partial charge in [0.15, 0.2) is 15.7 Å². The second-order valence-electron chi connectivity index (χ2n) is 8.08. The van der Waals surface area contributed by atoms with Gasteiger partial charge in [0.05, 0.1) is 10.6 Å². The predicted octanol–water partition coefficient (Wildman–Crippen LogP) is 2.03. The second kappa shape index (κ2) is 8.26. The smallest absolute Gasteiger partial charge is 0.274 e. The number of aromatic nitrogens is 5. The van der Waals surface area contributed by atoms with E-state index in [9.17, 15) is 13.2 Å². The van der Waals surface area contributed by atoms with E-state index in [4.69, 9.17) is 0 Å². The lowest BCUT2D eigenvalue weighted by Gasteiger charge is -2.30. The van der Waals surface area contributed by atoms with Crippen LogP contribution in [0.15, 0.2) is 41.2 Å². The lowest BCUT2D eigenvalue weighted by molar-refractivity contribution is 0.560. The maximum Gasteiger partial charge on any atom is 0.274 e. The van der Waals surface area contributed by atoms with Gasteiger partial charge in [0, 0.05) is 38.3 Å². The maximum absolute atomic E-state index is 12.5. The van der Waals surface area contributed by atoms with E-state index < -0.39 is 15.1 Å². The minimum absolute atomic E-state index is 0.196. The molecule has 0 aliphatic heterocycles. The molecule has 2 aromatic heterocycles. The zero-order chi connectivity index (χ0) is 23.1. The highest BCUT2D eigenvalue weighted by atomic mass is 32.2. The fraction of sp³-hybridized carbons (Fsp3) is 0.429. The molecule has 0 saturated carbocycles. The highest BCUT2D eigenvalue weighted by molar-refractivity contribution is 7.91. The van der Waals surface area contributed by atoms with E-state index in [1.807, 2.05) is 30.5 Å². The van der Waals surface area contributed by atoms with E-state index in [0.717, 1.165) is 5.57 Å². The van der Waals surface area contributed by atoms with Crippen molar-refractivity contribution in [3.63, 3.8) is 0 Å². The van der Waals surface area contributed by atoms with Crippen LogP contribution in [0.4, 0.5) is 5.95 Å². The van der Waals surface area contributed by atoms with Crippen molar-refractivity contribution in [2.24, 2.45) is 7.05 Å². The lowest BCUT2D eigenvalue weighted by Crippen LogP contribution is -2.42. The zero-order valence-electron chi connectivity index (χ0n) is 18.7. The summed E-state index contributed by atoms with van der Waals surface area (Å²) in [4.78, 5) is 14.3. The first kappa shape index (κ1) is 22.7. The van der Waals surface area contributed by atoms with Gasteiger partial charge in [-0.25, -0.2) is 13.1 Å². The number of allylic oxidation sites excluding steroid dienone is 1. The third-order valence-corrected chi connectivity index (χ3v) is 7.35. The molecule has 0 radical (unpaired) electrons. The van der Waals surface area contributed by atoms with E-state index in [1.165, 1.54) is 10.9 Å². The minimum Gasteiger partial charge on any atom is -0.340 e. The van der Waals surface area contributed by atoms with Crippen molar-refractivity contribution in [1.29, 1.82) is 0 Å². The Hall–Kier alpha value is -3.01. The lowest BCUT2D eigenvalue weighted by atomic mass is 10.1. The van der Waals surface area contributed by atoms with Crippen molar-refractivity contribution >= 4 is 26.6 Å². The van der Waals surface area contributed by atoms with Gasteiger partial charge in [-0.1, -0.05) is 30.4 Å². The van der Waals surface area contributed by atoms with Crippen molar-refractivity contribution < 1.29 is 8.42 Å². The zero-order valence-corrected chi connectivity index (χ0v) is 19.5. The van der Waals surface area contributed by atoms with E-state index in [2.05, 4.69) is 21.9 Å². The summed E-state index contributed by atoms with van der Waals surface area (Å²) in [6, 6.07) is 6.89. The highest BCUT2D eigenvalue weighted by Crippen LogP contribution is 2.28. The normalized spacial score (nSPS) is 13.9. The first-order valence-corrected chi connectivity index (χ1v) is 11.8. The van der Waals surface area contributed by atoms with Gasteiger partial charge in [0.2, 0.25) is 5.95 Å². The van der Waals surface area contributed by atoms with Crippen LogP contribution in [0, 0.1) is 0 Å². The Morgan fingerprint density at radius 2 is 1.81 bits per heavy atom. The molecule has 0 fully saturated rings. The summed E-state index contributed by atoms with van der Waals surface area (Å²) in [6.07, 6.45) is 1.23. The number of benzene rings is 1. The fourth-order valence-corrected chi connectivity index (χ4v) is 4.36. The van der Waals surface area contributed by atoms with Crippen molar-refractivity contribution in [3.05, 3.63) is 46.8 Å². The van der Waals surface area contributed by atoms with Crippen LogP contribution in [-0.4, -0.2) is 57.6 Å². The Bertz CT molecular complexity index is 1310. The Balaban J connectivity index is 2.22. The third kappa shape index (κ3) is 4.25. The number of rotatable bonds is 7. The molecule has 0 N–H and O–H groups in total. The summed E-state index contributed by atoms with van der Waals surface area (Å²) in [5.74, 6) is 0.983. The molecule has 166 valence electrons. The third-order valence-electron chi connectivity index (χ3n) is 5.61. The van der Waals surface area contributed by atoms with Crippen molar-refractivity contribution in [3.8, 4) is 11.5 Å². The Morgan fingerprint density at radius 3 is 2.39 bits per heavy atom. The van der Waals surface area contributed by atoms with Gasteiger partial charge in [-0.15, -0.1) is 10.2 Å². The van der Waals surface area contributed by atoms with E-state index >= 15 is 0 Å². The van der Waals surface area contributed by atoms with Crippen molar-refractivity contribution in [2.75, 3.05) is 18.2 Å². The van der Waals surface area contributed by atoms with Gasteiger partial charge in [-0.2, -0.15) is 5.10 Å². The Kier molecular flexibility index (Phi) is 6.04. The molecule has 0 aliphatic rings. The SMILES string of the molecule is C=C(C)Cn1c(-c2nn(C)c(=O)c3ccccc23)nnc1N(C)C(C)C(C)S(C)(=O)=O. The van der Waals surface area contributed by atoms with E-state index in [-0.39, 0.29) is 11.6 Å². The van der Waals surface area contributed by atoms with Gasteiger partial charge in [0.25, 0.3) is 5.56 Å². The quantitative estimate of drug-likeness (QED) is 0.514. The molecule has 2 atom stereocenters. The topological polar surface area (TPSA) is 103 Å². The van der Waals surface area contributed by atoms with E-state index in [0.29, 0.717) is 34.8 Å². The largest absolute Gasteiger partial charge is 0.340 e. The molecule has 2 unspecified atom stereocenters. The fourth-order valence-electron chi connectivity index (χ4n) is 3.47. The van der Waals surface area contributed by atoms with Crippen molar-refractivity contribution in [2.45, 2.75) is 38.6 Å². The minimum atomic E-state index is -3.24. The number of aryl methyl sites for hydroxylation is 1. The molecule has 2 heterocycles. The molecule has 0 saturated heterocycles. The first-order chi connectivity index (χ1) is 14.4. The van der Waals surface area contributed by atoms with Crippen LogP contribution < -0.4 is 10.5 Å². The average molecular weight is 445 g/mol. The summed E-state index contributed by atoms with van der Waals surface area (Å²) < 4.78 is 27.3. The summed E-state index contributed by atoms with van der Waals surface area (Å²) in [7, 11) is 0.148. The van der Waals surface area contributed by atoms with Gasteiger partial charge in [0.1, 0.15) is 5.69 Å². The highest BCUT2D eigenvalue weighted by Gasteiger charge is 2.29. The molecule has 0 amide bonds. The van der Waals surface area contributed by atoms with Crippen LogP contribution in [0.3, 0.4) is 0 Å². The summed E-state index contributed by atoms with van der Waals surface area (Å²) >= 11 is 0. The average Bonchev–Trinajstić information content (AvgIpc) is 3.10. The molecule has 0 aliphatic carbocycles. The van der Waals surface area contributed by atoms with Crippen LogP contribution in [0.1, 0.15) is 20.8 Å². The van der Waals surface area contributed by atoms with E-state index in [1.54, 1.807) is 38.1 Å². The monoisotopic (exact) mass is 444 g/mol. The van der Waals surface area contributed by atoms with Crippen LogP contribution in [0.2, 0.25) is 0 Å². The number of anilines is 1. The summed E-state index contributed by atoms with van der Waals surface area (Å²) in [5, 5.41) is 13.8. The first-order valence-electron chi connectivity index (χ1n) is 9.89. The van der Waals surface area contributed by atoms with Crippen LogP contribution in [0.25, 0.3) is 22.3 Å². The molecule has 1 aromatic carbocycles. The molecule has 9 nitrogen and oxygen atoms in total. The van der Waals surface area contributed by atoms with Crippen LogP contribution >= 0.6 is 0 Å². The summed E-state index contributed by atoms with van der Waals surface area (Å²) in [6.45, 7) is 9.84. The molecule has 31 heavy (non-hydrogen) atoms. The molecular weight excluding hydrogens is 416 g/mol. The second-order valence-corrected chi connectivity index (χ2v) is 10.5. The standard InChI is InChI=1S/C21H28N6O3S/c1-13(2)12-27-19(18-16-10-8-9-11-17(16)20(28)26(6)24-18)22-23-21(27)25(5)14(3)15(4)31(7,29)30/h8-11,14-15H,1,12H2,2-7H3. The van der Waals surface area contributed by atoms with Gasteiger partial charge in [-0.05, 0) is 26.8 Å². The number of sulfone groups is 1. The molecule has 3 rings (SSSR count). The number of hydrogen-bond acceptors (Lipinski definition) is 7. The predicted molar refractivity (Wildman–Crippen MR) is 123 cm³/mol. The number of fused-ring (bicyclic) bond motifs is 1. The molecule has 0 bridgehead atoms. The van der Waals surface area contributed by atoms with Crippen LogP contribution in [0.5, 0.6) is 0 Å². The number of nitrogens with zero attached hydrogens (tertiary/aromatic N) is 6. The Labute approximate surface area is 181 Å². The summed E-state index contributed by atoms with van der Waals surface area (Å²) in [5.41, 5.74) is 1.20. The molecule has 3 aromatic rings. The maximum atomic E-state index is 12.5. The molecule has 0 spiro atoms. The Morgan fingerprint density at radius 1 is 1.19 bits per heavy atom. The number of hydrogen-bond donors (Lipinski definition) is 0. The van der Waals surface area contributed by atoms with Gasteiger partial charge >= 0.3 is 0 Å². The van der Waals surface area contributed by atoms with Gasteiger partial charge in [-0.3, -0.25) is 9.36 Å². The molecule has 10 heteroatoms. The van der Waals surface area contributed by atoms with Crippen molar-refractivity contribution in [1.82, 2.24) is 24.5 Å². The molecular formula is C21H28N6O3S. The van der Waals surface area contributed by atoms with Crippen LogP contribution in [-0.2, 0) is 23.4 Å².